The van der Waals surface area contributed by atoms with E-state index in [1.165, 1.54) is 0 Å². The molecule has 1 aromatic carbocycles. The van der Waals surface area contributed by atoms with Crippen LogP contribution < -0.4 is 0 Å². The second-order valence-corrected chi connectivity index (χ2v) is 4.69. The Bertz CT molecular complexity index is 606. The summed E-state index contributed by atoms with van der Waals surface area (Å²) in [5.41, 5.74) is 1.79. The lowest BCUT2D eigenvalue weighted by Gasteiger charge is -1.99. The number of nitrogens with zero attached hydrogens (tertiary/aromatic N) is 3. The third-order valence-electron chi connectivity index (χ3n) is 2.87. The zero-order chi connectivity index (χ0) is 11.3. The van der Waals surface area contributed by atoms with Crippen LogP contribution >= 0.6 is 15.9 Å². The predicted molar refractivity (Wildman–Crippen MR) is 62.4 cm³/mol. The lowest BCUT2D eigenvalue weighted by Crippen LogP contribution is -1.94. The molecule has 0 fully saturated rings. The molecule has 1 aliphatic rings. The largest absolute Gasteiger partial charge is 0.328 e. The molecule has 0 atom stereocenters. The van der Waals surface area contributed by atoms with Crippen molar-refractivity contribution in [2.75, 3.05) is 0 Å². The number of aromatic nitrogens is 2. The maximum atomic E-state index is 10.8. The van der Waals surface area contributed by atoms with E-state index in [1.807, 2.05) is 0 Å². The highest BCUT2D eigenvalue weighted by Gasteiger charge is 2.20. The normalized spacial score (nSPS) is 14.3. The average Bonchev–Trinajstić information content (AvgIpc) is 2.75. The molecule has 2 aromatic rings. The Morgan fingerprint density at radius 1 is 1.50 bits per heavy atom. The Morgan fingerprint density at radius 2 is 2.31 bits per heavy atom. The molecule has 82 valence electrons. The van der Waals surface area contributed by atoms with Crippen LogP contribution in [0.25, 0.3) is 11.0 Å². The first kappa shape index (κ1) is 9.77. The molecule has 0 saturated heterocycles. The number of benzene rings is 1. The smallest absolute Gasteiger partial charge is 0.285 e. The van der Waals surface area contributed by atoms with Crippen LogP contribution in [0.15, 0.2) is 16.6 Å². The molecule has 0 bridgehead atoms. The lowest BCUT2D eigenvalue weighted by atomic mass is 10.2. The van der Waals surface area contributed by atoms with Crippen LogP contribution in [-0.2, 0) is 13.0 Å². The molecular weight excluding hydrogens is 274 g/mol. The maximum Gasteiger partial charge on any atom is 0.285 e. The van der Waals surface area contributed by atoms with Crippen molar-refractivity contribution in [2.24, 2.45) is 0 Å². The molecule has 5 nitrogen and oxygen atoms in total. The third kappa shape index (κ3) is 1.26. The number of aryl methyl sites for hydroxylation is 2. The van der Waals surface area contributed by atoms with E-state index in [9.17, 15) is 10.1 Å². The molecule has 1 aromatic heterocycles. The SMILES string of the molecule is O=[N+]([O-])c1cc2c(cc1Br)nc1n2CCC1. The van der Waals surface area contributed by atoms with E-state index in [0.717, 1.165) is 36.2 Å². The minimum Gasteiger partial charge on any atom is -0.328 e. The second-order valence-electron chi connectivity index (χ2n) is 3.83. The summed E-state index contributed by atoms with van der Waals surface area (Å²) in [6, 6.07) is 3.32. The van der Waals surface area contributed by atoms with E-state index in [2.05, 4.69) is 25.5 Å². The van der Waals surface area contributed by atoms with Gasteiger partial charge in [-0.1, -0.05) is 0 Å². The first-order valence-corrected chi connectivity index (χ1v) is 5.79. The summed E-state index contributed by atoms with van der Waals surface area (Å²) in [6.07, 6.45) is 2.03. The molecular formula is C10H8BrN3O2. The van der Waals surface area contributed by atoms with Gasteiger partial charge in [0.2, 0.25) is 0 Å². The van der Waals surface area contributed by atoms with E-state index < -0.39 is 0 Å². The van der Waals surface area contributed by atoms with E-state index in [0.29, 0.717) is 4.47 Å². The van der Waals surface area contributed by atoms with Crippen molar-refractivity contribution in [1.82, 2.24) is 9.55 Å². The third-order valence-corrected chi connectivity index (χ3v) is 3.51. The van der Waals surface area contributed by atoms with Gasteiger partial charge in [-0.15, -0.1) is 0 Å². The minimum absolute atomic E-state index is 0.0992. The molecule has 0 unspecified atom stereocenters. The van der Waals surface area contributed by atoms with Crippen LogP contribution in [0.5, 0.6) is 0 Å². The molecule has 0 saturated carbocycles. The summed E-state index contributed by atoms with van der Waals surface area (Å²) >= 11 is 3.20. The summed E-state index contributed by atoms with van der Waals surface area (Å²) in [7, 11) is 0. The summed E-state index contributed by atoms with van der Waals surface area (Å²) in [5, 5.41) is 10.8. The highest BCUT2D eigenvalue weighted by Crippen LogP contribution is 2.32. The van der Waals surface area contributed by atoms with Crippen LogP contribution in [0.4, 0.5) is 5.69 Å². The first-order chi connectivity index (χ1) is 7.66. The molecule has 2 heterocycles. The highest BCUT2D eigenvalue weighted by molar-refractivity contribution is 9.10. The number of hydrogen-bond acceptors (Lipinski definition) is 3. The van der Waals surface area contributed by atoms with Gasteiger partial charge in [-0.05, 0) is 28.4 Å². The van der Waals surface area contributed by atoms with Crippen LogP contribution in [0, 0.1) is 10.1 Å². The first-order valence-electron chi connectivity index (χ1n) is 5.00. The van der Waals surface area contributed by atoms with Crippen molar-refractivity contribution < 1.29 is 4.92 Å². The lowest BCUT2D eigenvalue weighted by molar-refractivity contribution is -0.385. The molecule has 0 amide bonds. The Kier molecular flexibility index (Phi) is 2.00. The zero-order valence-electron chi connectivity index (χ0n) is 8.31. The van der Waals surface area contributed by atoms with Crippen molar-refractivity contribution in [3.05, 3.63) is 32.5 Å². The van der Waals surface area contributed by atoms with Crippen LogP contribution in [0.1, 0.15) is 12.2 Å². The summed E-state index contributed by atoms with van der Waals surface area (Å²) < 4.78 is 2.55. The van der Waals surface area contributed by atoms with E-state index in [-0.39, 0.29) is 10.6 Å². The van der Waals surface area contributed by atoms with Crippen molar-refractivity contribution in [3.8, 4) is 0 Å². The standard InChI is InChI=1S/C10H8BrN3O2/c11-6-4-7-9(5-8(6)14(15)16)13-3-1-2-10(13)12-7/h4-5H,1-3H2. The molecule has 0 radical (unpaired) electrons. The van der Waals surface area contributed by atoms with Gasteiger partial charge in [-0.25, -0.2) is 4.98 Å². The zero-order valence-corrected chi connectivity index (χ0v) is 9.90. The highest BCUT2D eigenvalue weighted by atomic mass is 79.9. The summed E-state index contributed by atoms with van der Waals surface area (Å²) in [4.78, 5) is 14.9. The fourth-order valence-corrected chi connectivity index (χ4v) is 2.64. The van der Waals surface area contributed by atoms with Gasteiger partial charge in [0.15, 0.2) is 0 Å². The van der Waals surface area contributed by atoms with Gasteiger partial charge in [0, 0.05) is 19.0 Å². The van der Waals surface area contributed by atoms with Gasteiger partial charge in [0.25, 0.3) is 5.69 Å². The van der Waals surface area contributed by atoms with Gasteiger partial charge in [0.05, 0.1) is 20.4 Å². The number of hydrogen-bond donors (Lipinski definition) is 0. The Morgan fingerprint density at radius 3 is 3.06 bits per heavy atom. The van der Waals surface area contributed by atoms with Gasteiger partial charge in [0.1, 0.15) is 5.82 Å². The number of nitro benzene ring substituents is 1. The number of nitro groups is 1. The Balaban J connectivity index is 2.33. The van der Waals surface area contributed by atoms with Crippen LogP contribution in [-0.4, -0.2) is 14.5 Å². The van der Waals surface area contributed by atoms with Crippen molar-refractivity contribution in [2.45, 2.75) is 19.4 Å². The van der Waals surface area contributed by atoms with Crippen molar-refractivity contribution in [1.29, 1.82) is 0 Å². The van der Waals surface area contributed by atoms with Crippen LogP contribution in [0.2, 0.25) is 0 Å². The number of halogens is 1. The monoisotopic (exact) mass is 281 g/mol. The van der Waals surface area contributed by atoms with E-state index in [1.54, 1.807) is 12.1 Å². The molecule has 0 spiro atoms. The topological polar surface area (TPSA) is 61.0 Å². The Hall–Kier alpha value is -1.43. The van der Waals surface area contributed by atoms with Crippen molar-refractivity contribution >= 4 is 32.7 Å². The second kappa shape index (κ2) is 3.28. The summed E-state index contributed by atoms with van der Waals surface area (Å²) in [6.45, 7) is 0.907. The van der Waals surface area contributed by atoms with E-state index in [4.69, 9.17) is 0 Å². The van der Waals surface area contributed by atoms with E-state index >= 15 is 0 Å². The molecule has 16 heavy (non-hydrogen) atoms. The predicted octanol–water partition coefficient (Wildman–Crippen LogP) is 2.65. The average molecular weight is 282 g/mol. The molecule has 3 rings (SSSR count). The van der Waals surface area contributed by atoms with Crippen molar-refractivity contribution in [3.63, 3.8) is 0 Å². The summed E-state index contributed by atoms with van der Waals surface area (Å²) in [5.74, 6) is 1.03. The van der Waals surface area contributed by atoms with Gasteiger partial charge in [-0.2, -0.15) is 0 Å². The number of fused-ring (bicyclic) bond motifs is 3. The number of imidazole rings is 1. The molecule has 0 aliphatic carbocycles. The maximum absolute atomic E-state index is 10.8. The molecule has 0 N–H and O–H groups in total. The number of rotatable bonds is 1. The van der Waals surface area contributed by atoms with Gasteiger partial charge < -0.3 is 4.57 Å². The fourth-order valence-electron chi connectivity index (χ4n) is 2.16. The quantitative estimate of drug-likeness (QED) is 0.596. The molecule has 1 aliphatic heterocycles. The Labute approximate surface area is 99.4 Å². The van der Waals surface area contributed by atoms with Gasteiger partial charge in [-0.3, -0.25) is 10.1 Å². The fraction of sp³-hybridized carbons (Fsp3) is 0.300. The minimum atomic E-state index is -0.377. The van der Waals surface area contributed by atoms with Crippen LogP contribution in [0.3, 0.4) is 0 Å². The van der Waals surface area contributed by atoms with Gasteiger partial charge >= 0.3 is 0 Å². The molecule has 6 heteroatoms.